The lowest BCUT2D eigenvalue weighted by atomic mass is 10.3. The van der Waals surface area contributed by atoms with E-state index in [1.54, 1.807) is 0 Å². The molecule has 0 saturated heterocycles. The second kappa shape index (κ2) is 11.8. The molecule has 0 aromatic carbocycles. The van der Waals surface area contributed by atoms with Crippen LogP contribution in [0.25, 0.3) is 0 Å². The van der Waals surface area contributed by atoms with E-state index in [0.29, 0.717) is 26.4 Å². The molecule has 0 saturated carbocycles. The van der Waals surface area contributed by atoms with E-state index in [4.69, 9.17) is 23.7 Å². The van der Waals surface area contributed by atoms with Crippen molar-refractivity contribution in [2.75, 3.05) is 33.0 Å². The van der Waals surface area contributed by atoms with Crippen molar-refractivity contribution < 1.29 is 18.0 Å². The van der Waals surface area contributed by atoms with Crippen LogP contribution in [0.5, 0.6) is 0 Å². The number of hydrogen-bond donors (Lipinski definition) is 1. The summed E-state index contributed by atoms with van der Waals surface area (Å²) in [6, 6.07) is 0.782. The highest BCUT2D eigenvalue weighted by molar-refractivity contribution is 6.60. The summed E-state index contributed by atoms with van der Waals surface area (Å²) in [5.41, 5.74) is 5.59. The van der Waals surface area contributed by atoms with Gasteiger partial charge in [0.15, 0.2) is 0 Å². The van der Waals surface area contributed by atoms with Crippen LogP contribution in [0, 0.1) is 0 Å². The summed E-state index contributed by atoms with van der Waals surface area (Å²) in [7, 11) is -2.58. The van der Waals surface area contributed by atoms with Crippen molar-refractivity contribution >= 4 is 8.80 Å². The Morgan fingerprint density at radius 2 is 1.68 bits per heavy atom. The Morgan fingerprint density at radius 1 is 1.05 bits per heavy atom. The summed E-state index contributed by atoms with van der Waals surface area (Å²) >= 11 is 0. The van der Waals surface area contributed by atoms with Crippen LogP contribution in [0.2, 0.25) is 6.04 Å². The number of nitrogens with two attached hydrogens (primary N) is 1. The normalized spacial score (nSPS) is 13.7. The van der Waals surface area contributed by atoms with Gasteiger partial charge >= 0.3 is 8.80 Å². The monoisotopic (exact) mass is 293 g/mol. The van der Waals surface area contributed by atoms with Crippen LogP contribution in [0.3, 0.4) is 0 Å². The summed E-state index contributed by atoms with van der Waals surface area (Å²) in [4.78, 5) is 0. The molecule has 0 radical (unpaired) electrons. The van der Waals surface area contributed by atoms with E-state index in [1.807, 2.05) is 27.7 Å². The van der Waals surface area contributed by atoms with E-state index >= 15 is 0 Å². The predicted molar refractivity (Wildman–Crippen MR) is 79.1 cm³/mol. The molecule has 0 aliphatic rings. The molecule has 116 valence electrons. The molecule has 0 aromatic heterocycles. The largest absolute Gasteiger partial charge is 0.501 e. The highest BCUT2D eigenvalue weighted by Crippen LogP contribution is 2.20. The van der Waals surface area contributed by atoms with Crippen LogP contribution in [0.15, 0.2) is 0 Å². The second-order valence-corrected chi connectivity index (χ2v) is 7.03. The van der Waals surface area contributed by atoms with Gasteiger partial charge in [-0.1, -0.05) is 0 Å². The number of rotatable bonds is 13. The fourth-order valence-electron chi connectivity index (χ4n) is 1.83. The van der Waals surface area contributed by atoms with Gasteiger partial charge in [-0.05, 0) is 47.1 Å². The molecule has 0 amide bonds. The Labute approximate surface area is 119 Å². The highest BCUT2D eigenvalue weighted by atomic mass is 28.4. The van der Waals surface area contributed by atoms with E-state index in [9.17, 15) is 0 Å². The molecule has 1 atom stereocenters. The summed E-state index contributed by atoms with van der Waals surface area (Å²) in [5, 5.41) is 0. The van der Waals surface area contributed by atoms with Crippen molar-refractivity contribution in [1.82, 2.24) is 0 Å². The zero-order valence-electron chi connectivity index (χ0n) is 12.9. The van der Waals surface area contributed by atoms with Gasteiger partial charge in [0, 0.05) is 38.6 Å². The van der Waals surface area contributed by atoms with Crippen LogP contribution in [-0.2, 0) is 18.0 Å². The smallest absolute Gasteiger partial charge is 0.382 e. The average molecular weight is 293 g/mol. The summed E-state index contributed by atoms with van der Waals surface area (Å²) < 4.78 is 23.2. The molecule has 5 nitrogen and oxygen atoms in total. The van der Waals surface area contributed by atoms with Crippen LogP contribution in [0.4, 0.5) is 0 Å². The maximum absolute atomic E-state index is 6.13. The van der Waals surface area contributed by atoms with E-state index in [1.165, 1.54) is 0 Å². The third-order valence-corrected chi connectivity index (χ3v) is 5.85. The lowest BCUT2D eigenvalue weighted by Crippen LogP contribution is -2.48. The van der Waals surface area contributed by atoms with E-state index < -0.39 is 8.80 Å². The summed E-state index contributed by atoms with van der Waals surface area (Å²) in [6.45, 7) is 11.3. The molecule has 1 unspecified atom stereocenters. The summed E-state index contributed by atoms with van der Waals surface area (Å²) in [5.74, 6) is 0. The fraction of sp³-hybridized carbons (Fsp3) is 1.00. The molecule has 0 bridgehead atoms. The lowest BCUT2D eigenvalue weighted by molar-refractivity contribution is 0.0230. The first-order valence-corrected chi connectivity index (χ1v) is 9.30. The Balaban J connectivity index is 4.42. The number of hydrogen-bond acceptors (Lipinski definition) is 5. The molecule has 0 rings (SSSR count). The molecule has 0 aromatic rings. The minimum atomic E-state index is -2.58. The van der Waals surface area contributed by atoms with Gasteiger partial charge in [0.25, 0.3) is 0 Å². The SMILES string of the molecule is CCOCCC(C)O[Si](CCCN)(OCC)OCC. The fourth-order valence-corrected chi connectivity index (χ4v) is 4.70. The third-order valence-electron chi connectivity index (χ3n) is 2.67. The quantitative estimate of drug-likeness (QED) is 0.416. The Morgan fingerprint density at radius 3 is 2.16 bits per heavy atom. The van der Waals surface area contributed by atoms with Crippen molar-refractivity contribution in [3.05, 3.63) is 0 Å². The summed E-state index contributed by atoms with van der Waals surface area (Å²) in [6.07, 6.45) is 1.80. The maximum atomic E-state index is 6.13. The molecular formula is C13H31NO4Si. The van der Waals surface area contributed by atoms with Gasteiger partial charge < -0.3 is 23.7 Å². The van der Waals surface area contributed by atoms with Crippen molar-refractivity contribution in [3.8, 4) is 0 Å². The van der Waals surface area contributed by atoms with Crippen LogP contribution in [-0.4, -0.2) is 47.9 Å². The van der Waals surface area contributed by atoms with Gasteiger partial charge in [0.1, 0.15) is 0 Å². The van der Waals surface area contributed by atoms with Crippen molar-refractivity contribution in [3.63, 3.8) is 0 Å². The van der Waals surface area contributed by atoms with Gasteiger partial charge in [-0.15, -0.1) is 0 Å². The molecular weight excluding hydrogens is 262 g/mol. The Kier molecular flexibility index (Phi) is 11.8. The van der Waals surface area contributed by atoms with Crippen molar-refractivity contribution in [1.29, 1.82) is 0 Å². The molecule has 0 heterocycles. The first-order chi connectivity index (χ1) is 9.14. The minimum Gasteiger partial charge on any atom is -0.382 e. The Hall–Kier alpha value is 0.0169. The Bertz CT molecular complexity index is 201. The van der Waals surface area contributed by atoms with Crippen LogP contribution >= 0.6 is 0 Å². The van der Waals surface area contributed by atoms with Crippen LogP contribution in [0.1, 0.15) is 40.5 Å². The van der Waals surface area contributed by atoms with E-state index in [2.05, 4.69) is 0 Å². The zero-order valence-corrected chi connectivity index (χ0v) is 13.9. The standard InChI is InChI=1S/C13H31NO4Si/c1-5-15-11-9-13(4)18-19(16-6-2,17-7-3)12-8-10-14/h13H,5-12,14H2,1-4H3. The molecule has 6 heteroatoms. The lowest BCUT2D eigenvalue weighted by Gasteiger charge is -2.31. The van der Waals surface area contributed by atoms with Crippen molar-refractivity contribution in [2.24, 2.45) is 5.73 Å². The molecule has 0 aliphatic heterocycles. The van der Waals surface area contributed by atoms with Crippen molar-refractivity contribution in [2.45, 2.75) is 52.7 Å². The van der Waals surface area contributed by atoms with E-state index in [-0.39, 0.29) is 6.10 Å². The minimum absolute atomic E-state index is 0.0779. The van der Waals surface area contributed by atoms with Gasteiger partial charge in [-0.25, -0.2) is 0 Å². The molecule has 0 fully saturated rings. The van der Waals surface area contributed by atoms with Gasteiger partial charge in [0.2, 0.25) is 0 Å². The van der Waals surface area contributed by atoms with E-state index in [0.717, 1.165) is 25.5 Å². The zero-order chi connectivity index (χ0) is 14.6. The molecule has 19 heavy (non-hydrogen) atoms. The first-order valence-electron chi connectivity index (χ1n) is 7.37. The van der Waals surface area contributed by atoms with Gasteiger partial charge in [-0.3, -0.25) is 0 Å². The molecule has 0 aliphatic carbocycles. The third kappa shape index (κ3) is 8.72. The van der Waals surface area contributed by atoms with Gasteiger partial charge in [-0.2, -0.15) is 0 Å². The molecule has 0 spiro atoms. The second-order valence-electron chi connectivity index (χ2n) is 4.36. The van der Waals surface area contributed by atoms with Gasteiger partial charge in [0.05, 0.1) is 0 Å². The topological polar surface area (TPSA) is 62.9 Å². The molecule has 2 N–H and O–H groups in total. The predicted octanol–water partition coefficient (Wildman–Crippen LogP) is 2.18. The number of ether oxygens (including phenoxy) is 1. The first kappa shape index (κ1) is 19.0. The van der Waals surface area contributed by atoms with Crippen LogP contribution < -0.4 is 5.73 Å². The average Bonchev–Trinajstić information content (AvgIpc) is 2.37. The maximum Gasteiger partial charge on any atom is 0.501 e. The highest BCUT2D eigenvalue weighted by Gasteiger charge is 2.41.